The van der Waals surface area contributed by atoms with Gasteiger partial charge in [0.05, 0.1) is 18.2 Å². The number of nitrogens with zero attached hydrogens (tertiary/aromatic N) is 3. The zero-order valence-corrected chi connectivity index (χ0v) is 16.5. The van der Waals surface area contributed by atoms with Crippen LogP contribution >= 0.6 is 0 Å². The van der Waals surface area contributed by atoms with Gasteiger partial charge in [0.25, 0.3) is 5.91 Å². The fourth-order valence-corrected chi connectivity index (χ4v) is 3.42. The second kappa shape index (κ2) is 9.38. The van der Waals surface area contributed by atoms with Gasteiger partial charge in [-0.1, -0.05) is 6.58 Å². The highest BCUT2D eigenvalue weighted by molar-refractivity contribution is 5.98. The summed E-state index contributed by atoms with van der Waals surface area (Å²) in [4.78, 5) is 25.7. The molecule has 2 N–H and O–H groups in total. The van der Waals surface area contributed by atoms with Gasteiger partial charge in [-0.2, -0.15) is 5.10 Å². The summed E-state index contributed by atoms with van der Waals surface area (Å²) in [6.45, 7) is 5.74. The van der Waals surface area contributed by atoms with Crippen LogP contribution in [0.3, 0.4) is 0 Å². The van der Waals surface area contributed by atoms with Crippen LogP contribution in [0.5, 0.6) is 5.75 Å². The number of amides is 2. The zero-order valence-electron chi connectivity index (χ0n) is 16.5. The van der Waals surface area contributed by atoms with Gasteiger partial charge in [-0.15, -0.1) is 0 Å². The Morgan fingerprint density at radius 2 is 2.07 bits per heavy atom. The number of likely N-dealkylation sites (tertiary alicyclic amines) is 1. The highest BCUT2D eigenvalue weighted by atomic mass is 16.5. The molecule has 154 valence electrons. The van der Waals surface area contributed by atoms with Crippen molar-refractivity contribution in [2.75, 3.05) is 33.4 Å². The maximum absolute atomic E-state index is 12.0. The second-order valence-electron chi connectivity index (χ2n) is 6.89. The number of methoxy groups -OCH3 is 1. The number of ether oxygens (including phenoxy) is 2. The van der Waals surface area contributed by atoms with Crippen LogP contribution in [0.15, 0.2) is 43.1 Å². The summed E-state index contributed by atoms with van der Waals surface area (Å²) >= 11 is 0. The molecule has 29 heavy (non-hydrogen) atoms. The van der Waals surface area contributed by atoms with Gasteiger partial charge < -0.3 is 20.1 Å². The van der Waals surface area contributed by atoms with Gasteiger partial charge in [-0.25, -0.2) is 0 Å². The molecule has 8 heteroatoms. The average molecular weight is 398 g/mol. The lowest BCUT2D eigenvalue weighted by atomic mass is 10.1. The van der Waals surface area contributed by atoms with Gasteiger partial charge in [0.15, 0.2) is 0 Å². The van der Waals surface area contributed by atoms with Gasteiger partial charge >= 0.3 is 0 Å². The minimum absolute atomic E-state index is 0.0175. The van der Waals surface area contributed by atoms with Gasteiger partial charge in [0, 0.05) is 32.0 Å². The van der Waals surface area contributed by atoms with Crippen LogP contribution in [0.4, 0.5) is 0 Å². The fraction of sp³-hybridized carbons (Fsp3) is 0.381. The lowest BCUT2D eigenvalue weighted by molar-refractivity contribution is -0.127. The zero-order chi connectivity index (χ0) is 20.8. The maximum atomic E-state index is 12.0. The predicted molar refractivity (Wildman–Crippen MR) is 109 cm³/mol. The van der Waals surface area contributed by atoms with E-state index in [0.717, 1.165) is 18.4 Å². The smallest absolute Gasteiger partial charge is 0.252 e. The first-order valence-electron chi connectivity index (χ1n) is 9.56. The first-order chi connectivity index (χ1) is 14.0. The molecule has 1 aromatic heterocycles. The summed E-state index contributed by atoms with van der Waals surface area (Å²) in [5.74, 6) is 0.0690. The summed E-state index contributed by atoms with van der Waals surface area (Å²) in [6.07, 6.45) is 4.72. The molecule has 1 fully saturated rings. The summed E-state index contributed by atoms with van der Waals surface area (Å²) in [6, 6.07) is 7.31. The summed E-state index contributed by atoms with van der Waals surface area (Å²) in [7, 11) is 1.62. The molecule has 8 nitrogen and oxygen atoms in total. The van der Waals surface area contributed by atoms with Crippen LogP contribution in [0.2, 0.25) is 0 Å². The van der Waals surface area contributed by atoms with E-state index in [-0.39, 0.29) is 11.9 Å². The number of rotatable bonds is 8. The van der Waals surface area contributed by atoms with E-state index in [4.69, 9.17) is 15.2 Å². The molecular formula is C21H26N4O4. The highest BCUT2D eigenvalue weighted by Crippen LogP contribution is 2.28. The molecule has 1 saturated heterocycles. The number of carbonyl (C=O) groups is 2. The highest BCUT2D eigenvalue weighted by Gasteiger charge is 2.26. The van der Waals surface area contributed by atoms with E-state index >= 15 is 0 Å². The third kappa shape index (κ3) is 4.83. The van der Waals surface area contributed by atoms with E-state index < -0.39 is 5.91 Å². The van der Waals surface area contributed by atoms with E-state index in [9.17, 15) is 9.59 Å². The lowest BCUT2D eigenvalue weighted by Crippen LogP contribution is -2.40. The van der Waals surface area contributed by atoms with E-state index in [1.807, 2.05) is 24.3 Å². The van der Waals surface area contributed by atoms with Crippen molar-refractivity contribution < 1.29 is 19.1 Å². The normalized spacial score (nSPS) is 16.4. The van der Waals surface area contributed by atoms with Crippen molar-refractivity contribution >= 4 is 11.8 Å². The topological polar surface area (TPSA) is 99.7 Å². The molecule has 3 rings (SSSR count). The third-order valence-corrected chi connectivity index (χ3v) is 4.94. The Morgan fingerprint density at radius 3 is 2.72 bits per heavy atom. The standard InChI is InChI=1S/C21H26N4O4/c1-3-19(26)24-10-4-5-16(13-24)25-14-18(21(22)27)20(23-25)15-6-8-17(9-7-15)29-12-11-28-2/h3,6-9,14,16H,1,4-5,10-13H2,2H3,(H2,22,27). The molecule has 0 radical (unpaired) electrons. The van der Waals surface area contributed by atoms with Gasteiger partial charge in [-0.3, -0.25) is 14.3 Å². The largest absolute Gasteiger partial charge is 0.491 e. The van der Waals surface area contributed by atoms with E-state index in [0.29, 0.717) is 43.3 Å². The number of nitrogens with two attached hydrogens (primary N) is 1. The minimum atomic E-state index is -0.540. The summed E-state index contributed by atoms with van der Waals surface area (Å²) in [5, 5.41) is 4.64. The van der Waals surface area contributed by atoms with Gasteiger partial charge in [0.1, 0.15) is 18.1 Å². The van der Waals surface area contributed by atoms with Crippen molar-refractivity contribution in [1.29, 1.82) is 0 Å². The molecule has 0 saturated carbocycles. The van der Waals surface area contributed by atoms with E-state index in [1.54, 1.807) is 22.9 Å². The Balaban J connectivity index is 1.82. The van der Waals surface area contributed by atoms with E-state index in [1.165, 1.54) is 6.08 Å². The first-order valence-corrected chi connectivity index (χ1v) is 9.56. The van der Waals surface area contributed by atoms with Crippen LogP contribution in [0.25, 0.3) is 11.3 Å². The Morgan fingerprint density at radius 1 is 1.31 bits per heavy atom. The van der Waals surface area contributed by atoms with Crippen LogP contribution < -0.4 is 10.5 Å². The van der Waals surface area contributed by atoms with Crippen LogP contribution in [0, 0.1) is 0 Å². The number of benzene rings is 1. The Bertz CT molecular complexity index is 875. The number of primary amides is 1. The van der Waals surface area contributed by atoms with Crippen molar-refractivity contribution in [3.05, 3.63) is 48.7 Å². The Kier molecular flexibility index (Phi) is 6.66. The number of hydrogen-bond acceptors (Lipinski definition) is 5. The van der Waals surface area contributed by atoms with Crippen LogP contribution in [0.1, 0.15) is 29.2 Å². The molecule has 2 heterocycles. The van der Waals surface area contributed by atoms with Crippen molar-refractivity contribution in [3.8, 4) is 17.0 Å². The number of carbonyl (C=O) groups excluding carboxylic acids is 2. The quantitative estimate of drug-likeness (QED) is 0.542. The lowest BCUT2D eigenvalue weighted by Gasteiger charge is -2.32. The molecule has 1 atom stereocenters. The number of aromatic nitrogens is 2. The molecule has 2 amide bonds. The molecule has 1 aromatic carbocycles. The average Bonchev–Trinajstić information content (AvgIpc) is 3.20. The molecule has 0 aliphatic carbocycles. The Labute approximate surface area is 169 Å². The summed E-state index contributed by atoms with van der Waals surface area (Å²) in [5.41, 5.74) is 7.24. The molecule has 1 unspecified atom stereocenters. The SMILES string of the molecule is C=CC(=O)N1CCCC(n2cc(C(N)=O)c(-c3ccc(OCCOC)cc3)n2)C1. The second-order valence-corrected chi connectivity index (χ2v) is 6.89. The maximum Gasteiger partial charge on any atom is 0.252 e. The van der Waals surface area contributed by atoms with Gasteiger partial charge in [0.2, 0.25) is 5.91 Å². The predicted octanol–water partition coefficient (Wildman–Crippen LogP) is 2.02. The van der Waals surface area contributed by atoms with Crippen molar-refractivity contribution in [3.63, 3.8) is 0 Å². The fourth-order valence-electron chi connectivity index (χ4n) is 3.42. The molecule has 2 aromatic rings. The third-order valence-electron chi connectivity index (χ3n) is 4.94. The van der Waals surface area contributed by atoms with Crippen molar-refractivity contribution in [1.82, 2.24) is 14.7 Å². The molecule has 0 spiro atoms. The number of hydrogen-bond donors (Lipinski definition) is 1. The molecule has 0 bridgehead atoms. The van der Waals surface area contributed by atoms with Crippen LogP contribution in [-0.2, 0) is 9.53 Å². The summed E-state index contributed by atoms with van der Waals surface area (Å²) < 4.78 is 12.3. The van der Waals surface area contributed by atoms with Crippen LogP contribution in [-0.4, -0.2) is 59.9 Å². The first kappa shape index (κ1) is 20.6. The monoisotopic (exact) mass is 398 g/mol. The van der Waals surface area contributed by atoms with Crippen molar-refractivity contribution in [2.24, 2.45) is 5.73 Å². The molecular weight excluding hydrogens is 372 g/mol. The van der Waals surface area contributed by atoms with E-state index in [2.05, 4.69) is 11.7 Å². The number of piperidine rings is 1. The van der Waals surface area contributed by atoms with Gasteiger partial charge in [-0.05, 0) is 43.2 Å². The Hall–Kier alpha value is -3.13. The molecule has 1 aliphatic rings. The molecule has 1 aliphatic heterocycles. The minimum Gasteiger partial charge on any atom is -0.491 e. The van der Waals surface area contributed by atoms with Crippen molar-refractivity contribution in [2.45, 2.75) is 18.9 Å².